The molecule has 0 radical (unpaired) electrons. The number of hydrogen-bond donors (Lipinski definition) is 2. The molecule has 2 atom stereocenters. The highest BCUT2D eigenvalue weighted by Gasteiger charge is 2.40. The smallest absolute Gasteiger partial charge is 0.360 e. The van der Waals surface area contributed by atoms with E-state index in [1.165, 1.54) is 17.0 Å². The maximum atomic E-state index is 13.7. The Morgan fingerprint density at radius 3 is 2.46 bits per heavy atom. The average Bonchev–Trinajstić information content (AvgIpc) is 3.63. The van der Waals surface area contributed by atoms with Crippen LogP contribution in [0.4, 0.5) is 28.0 Å². The van der Waals surface area contributed by atoms with E-state index in [2.05, 4.69) is 10.0 Å². The molecule has 1 heterocycles. The molecule has 2 unspecified atom stereocenters. The fourth-order valence-electron chi connectivity index (χ4n) is 3.98. The standard InChI is InChI=1S/C23H25F4N3O4S/c24-19-11-10-16(13-18(19)23(25,26)27)28-22(31)30(14-15-8-9-15)20-7-4-12-34-21(20)29-35(32,33)17-5-2-1-3-6-17/h1-3,5-6,10-11,13,15,20-21,29H,4,7-9,12,14H2,(H,28,31). The normalized spacial score (nSPS) is 20.9. The Morgan fingerprint density at radius 2 is 1.80 bits per heavy atom. The van der Waals surface area contributed by atoms with Gasteiger partial charge in [-0.15, -0.1) is 0 Å². The molecule has 2 aromatic carbocycles. The fraction of sp³-hybridized carbons (Fsp3) is 0.435. The van der Waals surface area contributed by atoms with Crippen LogP contribution in [0.5, 0.6) is 0 Å². The van der Waals surface area contributed by atoms with Crippen LogP contribution in [0.3, 0.4) is 0 Å². The minimum atomic E-state index is -4.92. The third kappa shape index (κ3) is 6.30. The summed E-state index contributed by atoms with van der Waals surface area (Å²) in [6.45, 7) is 0.570. The molecule has 4 rings (SSSR count). The summed E-state index contributed by atoms with van der Waals surface area (Å²) in [7, 11) is -3.95. The molecule has 2 fully saturated rings. The molecule has 1 aliphatic heterocycles. The van der Waals surface area contributed by atoms with Crippen molar-refractivity contribution in [3.63, 3.8) is 0 Å². The first-order valence-corrected chi connectivity index (χ1v) is 12.7. The highest BCUT2D eigenvalue weighted by atomic mass is 32.2. The molecular weight excluding hydrogens is 490 g/mol. The topological polar surface area (TPSA) is 87.7 Å². The van der Waals surface area contributed by atoms with Crippen LogP contribution >= 0.6 is 0 Å². The number of hydrogen-bond acceptors (Lipinski definition) is 4. The Kier molecular flexibility index (Phi) is 7.34. The zero-order valence-corrected chi connectivity index (χ0v) is 19.4. The molecule has 0 bridgehead atoms. The molecule has 1 saturated carbocycles. The van der Waals surface area contributed by atoms with Crippen molar-refractivity contribution in [2.24, 2.45) is 5.92 Å². The first kappa shape index (κ1) is 25.4. The first-order chi connectivity index (χ1) is 16.5. The van der Waals surface area contributed by atoms with Gasteiger partial charge < -0.3 is 15.0 Å². The van der Waals surface area contributed by atoms with E-state index in [4.69, 9.17) is 4.74 Å². The van der Waals surface area contributed by atoms with E-state index < -0.39 is 45.9 Å². The van der Waals surface area contributed by atoms with Crippen LogP contribution in [0.15, 0.2) is 53.4 Å². The summed E-state index contributed by atoms with van der Waals surface area (Å²) >= 11 is 0. The van der Waals surface area contributed by atoms with E-state index in [1.54, 1.807) is 18.2 Å². The lowest BCUT2D eigenvalue weighted by Crippen LogP contribution is -2.58. The van der Waals surface area contributed by atoms with Crippen molar-refractivity contribution in [3.05, 3.63) is 59.9 Å². The minimum absolute atomic E-state index is 0.0390. The summed E-state index contributed by atoms with van der Waals surface area (Å²) in [5.41, 5.74) is -1.71. The molecule has 190 valence electrons. The van der Waals surface area contributed by atoms with Gasteiger partial charge in [0.25, 0.3) is 0 Å². The number of urea groups is 1. The van der Waals surface area contributed by atoms with Crippen molar-refractivity contribution in [3.8, 4) is 0 Å². The van der Waals surface area contributed by atoms with Gasteiger partial charge >= 0.3 is 12.2 Å². The second-order valence-electron chi connectivity index (χ2n) is 8.65. The third-order valence-corrected chi connectivity index (χ3v) is 7.39. The Labute approximate surface area is 200 Å². The van der Waals surface area contributed by atoms with Gasteiger partial charge in [0, 0.05) is 18.8 Å². The average molecular weight is 516 g/mol. The van der Waals surface area contributed by atoms with Gasteiger partial charge in [0.15, 0.2) is 0 Å². The van der Waals surface area contributed by atoms with Gasteiger partial charge in [0.2, 0.25) is 10.0 Å². The molecule has 0 aromatic heterocycles. The van der Waals surface area contributed by atoms with Crippen LogP contribution in [-0.2, 0) is 20.9 Å². The first-order valence-electron chi connectivity index (χ1n) is 11.2. The molecular formula is C23H25F4N3O4S. The van der Waals surface area contributed by atoms with Crippen molar-refractivity contribution >= 4 is 21.7 Å². The highest BCUT2D eigenvalue weighted by molar-refractivity contribution is 7.89. The van der Waals surface area contributed by atoms with Crippen LogP contribution in [0.2, 0.25) is 0 Å². The number of halogens is 4. The predicted octanol–water partition coefficient (Wildman–Crippen LogP) is 4.57. The number of nitrogens with one attached hydrogen (secondary N) is 2. The van der Waals surface area contributed by atoms with Crippen LogP contribution in [0, 0.1) is 11.7 Å². The third-order valence-electron chi connectivity index (χ3n) is 5.95. The van der Waals surface area contributed by atoms with Crippen LogP contribution in [0.25, 0.3) is 0 Å². The Hall–Kier alpha value is -2.70. The second kappa shape index (κ2) is 10.1. The predicted molar refractivity (Wildman–Crippen MR) is 119 cm³/mol. The van der Waals surface area contributed by atoms with Crippen LogP contribution in [-0.4, -0.2) is 44.8 Å². The van der Waals surface area contributed by atoms with Gasteiger partial charge in [0.1, 0.15) is 12.0 Å². The van der Waals surface area contributed by atoms with Gasteiger partial charge in [-0.25, -0.2) is 17.6 Å². The zero-order chi connectivity index (χ0) is 25.2. The number of nitrogens with zero attached hydrogens (tertiary/aromatic N) is 1. The summed E-state index contributed by atoms with van der Waals surface area (Å²) in [4.78, 5) is 14.7. The SMILES string of the molecule is O=C(Nc1ccc(F)c(C(F)(F)F)c1)N(CC1CC1)C1CCCOC1NS(=O)(=O)c1ccccc1. The van der Waals surface area contributed by atoms with Crippen molar-refractivity contribution < 1.29 is 35.5 Å². The number of anilines is 1. The molecule has 0 spiro atoms. The monoisotopic (exact) mass is 515 g/mol. The van der Waals surface area contributed by atoms with E-state index >= 15 is 0 Å². The number of rotatable bonds is 7. The number of carbonyl (C=O) groups excluding carboxylic acids is 1. The molecule has 7 nitrogen and oxygen atoms in total. The number of amides is 2. The number of ether oxygens (including phenoxy) is 1. The van der Waals surface area contributed by atoms with Crippen molar-refractivity contribution in [2.45, 2.75) is 49.0 Å². The largest absolute Gasteiger partial charge is 0.419 e. The number of sulfonamides is 1. The molecule has 2 aliphatic rings. The molecule has 1 aliphatic carbocycles. The maximum absolute atomic E-state index is 13.7. The van der Waals surface area contributed by atoms with Crippen LogP contribution in [0.1, 0.15) is 31.2 Å². The van der Waals surface area contributed by atoms with Crippen molar-refractivity contribution in [2.75, 3.05) is 18.5 Å². The lowest BCUT2D eigenvalue weighted by atomic mass is 10.1. The quantitative estimate of drug-likeness (QED) is 0.529. The number of benzene rings is 2. The van der Waals surface area contributed by atoms with E-state index in [0.29, 0.717) is 25.0 Å². The minimum Gasteiger partial charge on any atom is -0.360 e. The van der Waals surface area contributed by atoms with E-state index in [1.807, 2.05) is 0 Å². The Balaban J connectivity index is 1.56. The van der Waals surface area contributed by atoms with E-state index in [-0.39, 0.29) is 29.7 Å². The van der Waals surface area contributed by atoms with Gasteiger partial charge in [-0.1, -0.05) is 18.2 Å². The molecule has 12 heteroatoms. The summed E-state index contributed by atoms with van der Waals surface area (Å²) < 4.78 is 86.9. The molecule has 2 aromatic rings. The molecule has 1 saturated heterocycles. The number of alkyl halides is 3. The molecule has 2 N–H and O–H groups in total. The zero-order valence-electron chi connectivity index (χ0n) is 18.6. The molecule has 2 amide bonds. The summed E-state index contributed by atoms with van der Waals surface area (Å²) in [6.07, 6.45) is -3.20. The molecule has 35 heavy (non-hydrogen) atoms. The Bertz CT molecular complexity index is 1160. The Morgan fingerprint density at radius 1 is 1.09 bits per heavy atom. The van der Waals surface area contributed by atoms with E-state index in [0.717, 1.165) is 18.9 Å². The lowest BCUT2D eigenvalue weighted by Gasteiger charge is -2.40. The lowest BCUT2D eigenvalue weighted by molar-refractivity contribution is -0.139. The van der Waals surface area contributed by atoms with E-state index in [9.17, 15) is 30.8 Å². The van der Waals surface area contributed by atoms with Crippen molar-refractivity contribution in [1.82, 2.24) is 9.62 Å². The second-order valence-corrected chi connectivity index (χ2v) is 10.4. The summed E-state index contributed by atoms with van der Waals surface area (Å²) in [6, 6.07) is 8.53. The maximum Gasteiger partial charge on any atom is 0.419 e. The fourth-order valence-corrected chi connectivity index (χ4v) is 5.16. The summed E-state index contributed by atoms with van der Waals surface area (Å²) in [5.74, 6) is -1.24. The van der Waals surface area contributed by atoms with Gasteiger partial charge in [-0.2, -0.15) is 17.9 Å². The highest BCUT2D eigenvalue weighted by Crippen LogP contribution is 2.34. The number of carbonyl (C=O) groups is 1. The van der Waals surface area contributed by atoms with Gasteiger partial charge in [-0.05, 0) is 61.9 Å². The van der Waals surface area contributed by atoms with Gasteiger partial charge in [-0.3, -0.25) is 0 Å². The van der Waals surface area contributed by atoms with Crippen LogP contribution < -0.4 is 10.0 Å². The summed E-state index contributed by atoms with van der Waals surface area (Å²) in [5, 5.41) is 2.41. The van der Waals surface area contributed by atoms with Crippen molar-refractivity contribution in [1.29, 1.82) is 0 Å². The van der Waals surface area contributed by atoms with Gasteiger partial charge in [0.05, 0.1) is 16.5 Å².